The molecule has 9 heteroatoms. The molecule has 0 aromatic heterocycles. The molecule has 2 amide bonds. The lowest BCUT2D eigenvalue weighted by atomic mass is 10.1. The number of hydrogen-bond donors (Lipinski definition) is 3. The molecule has 2 rings (SSSR count). The summed E-state index contributed by atoms with van der Waals surface area (Å²) in [7, 11) is -3.80. The van der Waals surface area contributed by atoms with Crippen LogP contribution >= 0.6 is 0 Å². The Hall–Kier alpha value is -2.78. The van der Waals surface area contributed by atoms with Crippen molar-refractivity contribution in [1.29, 1.82) is 0 Å². The zero-order valence-corrected chi connectivity index (χ0v) is 15.7. The monoisotopic (exact) mass is 393 g/mol. The quantitative estimate of drug-likeness (QED) is 0.669. The van der Waals surface area contributed by atoms with Crippen LogP contribution in [0.4, 0.5) is 10.1 Å². The summed E-state index contributed by atoms with van der Waals surface area (Å²) < 4.78 is 40.3. The third kappa shape index (κ3) is 5.60. The highest BCUT2D eigenvalue weighted by atomic mass is 32.2. The van der Waals surface area contributed by atoms with E-state index in [1.165, 1.54) is 6.92 Å². The maximum atomic E-state index is 14.0. The van der Waals surface area contributed by atoms with Crippen molar-refractivity contribution in [2.24, 2.45) is 0 Å². The number of halogens is 1. The zero-order valence-electron chi connectivity index (χ0n) is 14.9. The highest BCUT2D eigenvalue weighted by molar-refractivity contribution is 7.89. The lowest BCUT2D eigenvalue weighted by Gasteiger charge is -2.10. The van der Waals surface area contributed by atoms with Gasteiger partial charge in [0.25, 0.3) is 5.91 Å². The Kier molecular flexibility index (Phi) is 6.65. The van der Waals surface area contributed by atoms with Crippen molar-refractivity contribution in [2.45, 2.75) is 25.3 Å². The van der Waals surface area contributed by atoms with Gasteiger partial charge in [-0.05, 0) is 35.9 Å². The molecule has 7 nitrogen and oxygen atoms in total. The van der Waals surface area contributed by atoms with Crippen LogP contribution in [0.2, 0.25) is 0 Å². The molecule has 144 valence electrons. The Bertz CT molecular complexity index is 961. The Morgan fingerprint density at radius 1 is 1.11 bits per heavy atom. The van der Waals surface area contributed by atoms with Crippen LogP contribution in [0.1, 0.15) is 29.8 Å². The minimum atomic E-state index is -3.80. The van der Waals surface area contributed by atoms with Crippen LogP contribution in [0.5, 0.6) is 0 Å². The molecular weight excluding hydrogens is 373 g/mol. The largest absolute Gasteiger partial charge is 0.348 e. The molecule has 2 aromatic carbocycles. The first-order valence-corrected chi connectivity index (χ1v) is 9.65. The summed E-state index contributed by atoms with van der Waals surface area (Å²) in [4.78, 5) is 23.2. The van der Waals surface area contributed by atoms with Gasteiger partial charge in [0.2, 0.25) is 15.9 Å². The van der Waals surface area contributed by atoms with E-state index in [-0.39, 0.29) is 29.5 Å². The van der Waals surface area contributed by atoms with Gasteiger partial charge in [0.1, 0.15) is 5.82 Å². The van der Waals surface area contributed by atoms with E-state index >= 15 is 0 Å². The van der Waals surface area contributed by atoms with Crippen molar-refractivity contribution in [2.75, 3.05) is 11.9 Å². The normalized spacial score (nSPS) is 11.1. The van der Waals surface area contributed by atoms with E-state index in [0.29, 0.717) is 11.3 Å². The lowest BCUT2D eigenvalue weighted by Crippen LogP contribution is -2.26. The predicted molar refractivity (Wildman–Crippen MR) is 99.2 cm³/mol. The fourth-order valence-corrected chi connectivity index (χ4v) is 3.43. The van der Waals surface area contributed by atoms with E-state index in [1.54, 1.807) is 31.2 Å². The maximum Gasteiger partial charge on any atom is 0.254 e. The molecule has 0 aliphatic heterocycles. The molecule has 0 aliphatic rings. The minimum absolute atomic E-state index is 0.0793. The van der Waals surface area contributed by atoms with E-state index in [2.05, 4.69) is 15.4 Å². The Balaban J connectivity index is 2.15. The number of rotatable bonds is 7. The average molecular weight is 393 g/mol. The number of carbonyl (C=O) groups excluding carboxylic acids is 2. The maximum absolute atomic E-state index is 14.0. The van der Waals surface area contributed by atoms with Gasteiger partial charge in [0.05, 0.1) is 10.5 Å². The summed E-state index contributed by atoms with van der Waals surface area (Å²) in [5.41, 5.74) is 0.887. The molecule has 2 aromatic rings. The van der Waals surface area contributed by atoms with Gasteiger partial charge < -0.3 is 10.6 Å². The molecule has 0 aliphatic carbocycles. The average Bonchev–Trinajstić information content (AvgIpc) is 2.59. The van der Waals surface area contributed by atoms with Gasteiger partial charge in [-0.15, -0.1) is 0 Å². The minimum Gasteiger partial charge on any atom is -0.348 e. The van der Waals surface area contributed by atoms with Crippen molar-refractivity contribution in [1.82, 2.24) is 10.0 Å². The molecule has 0 spiro atoms. The number of anilines is 1. The van der Waals surface area contributed by atoms with Gasteiger partial charge in [-0.25, -0.2) is 17.5 Å². The number of nitrogens with one attached hydrogen (secondary N) is 3. The lowest BCUT2D eigenvalue weighted by molar-refractivity contribution is -0.114. The first kappa shape index (κ1) is 20.5. The first-order valence-electron chi connectivity index (χ1n) is 8.17. The number of hydrogen-bond acceptors (Lipinski definition) is 4. The van der Waals surface area contributed by atoms with Crippen LogP contribution < -0.4 is 15.4 Å². The Morgan fingerprint density at radius 2 is 1.85 bits per heavy atom. The van der Waals surface area contributed by atoms with Crippen LogP contribution in [0.15, 0.2) is 47.4 Å². The third-order valence-corrected chi connectivity index (χ3v) is 5.07. The second-order valence-electron chi connectivity index (χ2n) is 5.71. The number of carbonyl (C=O) groups is 2. The second-order valence-corrected chi connectivity index (χ2v) is 7.47. The molecule has 27 heavy (non-hydrogen) atoms. The smallest absolute Gasteiger partial charge is 0.254 e. The van der Waals surface area contributed by atoms with E-state index < -0.39 is 21.7 Å². The predicted octanol–water partition coefficient (Wildman–Crippen LogP) is 2.01. The van der Waals surface area contributed by atoms with Gasteiger partial charge >= 0.3 is 0 Å². The number of sulfonamides is 1. The Morgan fingerprint density at radius 3 is 2.52 bits per heavy atom. The molecule has 0 saturated heterocycles. The molecule has 0 radical (unpaired) electrons. The van der Waals surface area contributed by atoms with E-state index in [4.69, 9.17) is 0 Å². The number of amides is 2. The Labute approximate surface area is 157 Å². The van der Waals surface area contributed by atoms with Crippen molar-refractivity contribution >= 4 is 27.5 Å². The summed E-state index contributed by atoms with van der Waals surface area (Å²) in [6.07, 6.45) is 0. The van der Waals surface area contributed by atoms with Gasteiger partial charge in [0.15, 0.2) is 0 Å². The van der Waals surface area contributed by atoms with Gasteiger partial charge in [0, 0.05) is 25.7 Å². The van der Waals surface area contributed by atoms with Crippen LogP contribution in [-0.4, -0.2) is 26.8 Å². The fraction of sp³-hybridized carbons (Fsp3) is 0.222. The van der Waals surface area contributed by atoms with Crippen LogP contribution in [0, 0.1) is 5.82 Å². The molecule has 0 atom stereocenters. The standard InChI is InChI=1S/C18H20FN3O4S/c1-3-21-27(25,26)15-7-8-17(19)16(10-15)18(24)20-11-13-5-4-6-14(9-13)22-12(2)23/h4-10,21H,3,11H2,1-2H3,(H,20,24)(H,22,23). The molecule has 0 heterocycles. The molecule has 3 N–H and O–H groups in total. The van der Waals surface area contributed by atoms with E-state index in [9.17, 15) is 22.4 Å². The highest BCUT2D eigenvalue weighted by Gasteiger charge is 2.18. The summed E-state index contributed by atoms with van der Waals surface area (Å²) >= 11 is 0. The molecular formula is C18H20FN3O4S. The van der Waals surface area contributed by atoms with Crippen molar-refractivity contribution in [3.05, 3.63) is 59.4 Å². The van der Waals surface area contributed by atoms with Crippen molar-refractivity contribution in [3.8, 4) is 0 Å². The number of benzene rings is 2. The van der Waals surface area contributed by atoms with Crippen molar-refractivity contribution in [3.63, 3.8) is 0 Å². The summed E-state index contributed by atoms with van der Waals surface area (Å²) in [5.74, 6) is -1.79. The fourth-order valence-electron chi connectivity index (χ4n) is 2.36. The van der Waals surface area contributed by atoms with Crippen LogP contribution in [0.3, 0.4) is 0 Å². The second kappa shape index (κ2) is 8.74. The molecule has 0 bridgehead atoms. The highest BCUT2D eigenvalue weighted by Crippen LogP contribution is 2.16. The molecule has 0 fully saturated rings. The SMILES string of the molecule is CCNS(=O)(=O)c1ccc(F)c(C(=O)NCc2cccc(NC(C)=O)c2)c1. The van der Waals surface area contributed by atoms with E-state index in [1.807, 2.05) is 0 Å². The first-order chi connectivity index (χ1) is 12.7. The summed E-state index contributed by atoms with van der Waals surface area (Å²) in [6.45, 7) is 3.25. The van der Waals surface area contributed by atoms with Crippen LogP contribution in [0.25, 0.3) is 0 Å². The molecule has 0 unspecified atom stereocenters. The summed E-state index contributed by atoms with van der Waals surface area (Å²) in [5, 5.41) is 5.16. The molecule has 0 saturated carbocycles. The van der Waals surface area contributed by atoms with Crippen LogP contribution in [-0.2, 0) is 21.4 Å². The van der Waals surface area contributed by atoms with Crippen molar-refractivity contribution < 1.29 is 22.4 Å². The van der Waals surface area contributed by atoms with Gasteiger partial charge in [-0.2, -0.15) is 0 Å². The topological polar surface area (TPSA) is 104 Å². The zero-order chi connectivity index (χ0) is 20.0. The van der Waals surface area contributed by atoms with Gasteiger partial charge in [-0.3, -0.25) is 9.59 Å². The summed E-state index contributed by atoms with van der Waals surface area (Å²) in [6, 6.07) is 9.84. The van der Waals surface area contributed by atoms with E-state index in [0.717, 1.165) is 18.2 Å². The van der Waals surface area contributed by atoms with Gasteiger partial charge in [-0.1, -0.05) is 19.1 Å². The third-order valence-electron chi connectivity index (χ3n) is 3.53.